The molecule has 2 aromatic rings. The van der Waals surface area contributed by atoms with Gasteiger partial charge >= 0.3 is 0 Å². The minimum atomic E-state index is -0.102. The zero-order valence-corrected chi connectivity index (χ0v) is 10.1. The maximum absolute atomic E-state index is 12.1. The van der Waals surface area contributed by atoms with Gasteiger partial charge < -0.3 is 10.6 Å². The second-order valence-corrected chi connectivity index (χ2v) is 3.95. The van der Waals surface area contributed by atoms with Gasteiger partial charge in [0.1, 0.15) is 5.82 Å². The first kappa shape index (κ1) is 12.0. The highest BCUT2D eigenvalue weighted by molar-refractivity contribution is 5.94. The zero-order valence-electron chi connectivity index (χ0n) is 10.1. The van der Waals surface area contributed by atoms with E-state index in [9.17, 15) is 4.79 Å². The molecule has 0 atom stereocenters. The molecule has 0 aliphatic rings. The highest BCUT2D eigenvalue weighted by atomic mass is 16.2. The Labute approximate surface area is 105 Å². The highest BCUT2D eigenvalue weighted by Crippen LogP contribution is 2.08. The van der Waals surface area contributed by atoms with E-state index in [4.69, 9.17) is 5.73 Å². The van der Waals surface area contributed by atoms with Crippen LogP contribution in [0.3, 0.4) is 0 Å². The monoisotopic (exact) mass is 242 g/mol. The van der Waals surface area contributed by atoms with Crippen LogP contribution in [-0.4, -0.2) is 27.8 Å². The summed E-state index contributed by atoms with van der Waals surface area (Å²) in [5.41, 5.74) is 6.93. The van der Waals surface area contributed by atoms with E-state index >= 15 is 0 Å². The first-order valence-electron chi connectivity index (χ1n) is 5.54. The van der Waals surface area contributed by atoms with E-state index in [2.05, 4.69) is 9.97 Å². The molecule has 0 bridgehead atoms. The van der Waals surface area contributed by atoms with Gasteiger partial charge in [0.15, 0.2) is 0 Å². The fourth-order valence-corrected chi connectivity index (χ4v) is 1.61. The average Bonchev–Trinajstić information content (AvgIpc) is 2.39. The first-order valence-corrected chi connectivity index (χ1v) is 5.54. The minimum Gasteiger partial charge on any atom is -0.384 e. The van der Waals surface area contributed by atoms with Gasteiger partial charge in [-0.2, -0.15) is 0 Å². The number of carbonyl (C=O) groups is 1. The van der Waals surface area contributed by atoms with Crippen molar-refractivity contribution < 1.29 is 4.79 Å². The third kappa shape index (κ3) is 2.82. The van der Waals surface area contributed by atoms with E-state index in [0.29, 0.717) is 17.9 Å². The molecule has 2 N–H and O–H groups in total. The molecular formula is C13H14N4O. The van der Waals surface area contributed by atoms with Crippen LogP contribution >= 0.6 is 0 Å². The van der Waals surface area contributed by atoms with Crippen molar-refractivity contribution in [2.24, 2.45) is 0 Å². The summed E-state index contributed by atoms with van der Waals surface area (Å²) in [7, 11) is 1.73. The van der Waals surface area contributed by atoms with E-state index in [-0.39, 0.29) is 5.91 Å². The molecule has 0 aromatic carbocycles. The summed E-state index contributed by atoms with van der Waals surface area (Å²) in [6.07, 6.45) is 3.23. The second-order valence-electron chi connectivity index (χ2n) is 3.95. The topological polar surface area (TPSA) is 72.1 Å². The normalized spacial score (nSPS) is 10.1. The van der Waals surface area contributed by atoms with Gasteiger partial charge in [0.2, 0.25) is 0 Å². The van der Waals surface area contributed by atoms with Crippen molar-refractivity contribution >= 4 is 11.7 Å². The van der Waals surface area contributed by atoms with Gasteiger partial charge in [0.25, 0.3) is 5.91 Å². The summed E-state index contributed by atoms with van der Waals surface area (Å²) in [5, 5.41) is 0. The largest absolute Gasteiger partial charge is 0.384 e. The molecule has 0 radical (unpaired) electrons. The lowest BCUT2D eigenvalue weighted by Gasteiger charge is -2.16. The lowest BCUT2D eigenvalue weighted by Crippen LogP contribution is -2.26. The van der Waals surface area contributed by atoms with Crippen LogP contribution in [0.15, 0.2) is 42.7 Å². The molecule has 2 rings (SSSR count). The Hall–Kier alpha value is -2.43. The predicted octanol–water partition coefficient (Wildman–Crippen LogP) is 1.33. The first-order chi connectivity index (χ1) is 8.66. The number of pyridine rings is 2. The van der Waals surface area contributed by atoms with E-state index < -0.39 is 0 Å². The number of hydrogen-bond donors (Lipinski definition) is 1. The number of rotatable bonds is 3. The molecule has 0 saturated carbocycles. The molecular weight excluding hydrogens is 228 g/mol. The van der Waals surface area contributed by atoms with Gasteiger partial charge in [0.05, 0.1) is 12.2 Å². The van der Waals surface area contributed by atoms with Gasteiger partial charge in [-0.05, 0) is 24.3 Å². The van der Waals surface area contributed by atoms with Gasteiger partial charge in [-0.25, -0.2) is 4.98 Å². The van der Waals surface area contributed by atoms with E-state index in [1.165, 1.54) is 6.20 Å². The molecule has 0 spiro atoms. The van der Waals surface area contributed by atoms with Crippen molar-refractivity contribution in [1.29, 1.82) is 0 Å². The Morgan fingerprint density at radius 3 is 2.78 bits per heavy atom. The third-order valence-electron chi connectivity index (χ3n) is 2.50. The Morgan fingerprint density at radius 2 is 2.11 bits per heavy atom. The molecule has 92 valence electrons. The van der Waals surface area contributed by atoms with Crippen LogP contribution in [0.1, 0.15) is 16.1 Å². The van der Waals surface area contributed by atoms with E-state index in [0.717, 1.165) is 5.69 Å². The van der Waals surface area contributed by atoms with Crippen molar-refractivity contribution in [2.45, 2.75) is 6.54 Å². The number of anilines is 1. The Balaban J connectivity index is 2.10. The van der Waals surface area contributed by atoms with Crippen LogP contribution in [0.4, 0.5) is 5.82 Å². The summed E-state index contributed by atoms with van der Waals surface area (Å²) in [5.74, 6) is 0.238. The number of nitrogen functional groups attached to an aromatic ring is 1. The number of amides is 1. The number of carbonyl (C=O) groups excluding carboxylic acids is 1. The molecule has 1 amide bonds. The van der Waals surface area contributed by atoms with Crippen LogP contribution in [0.25, 0.3) is 0 Å². The molecule has 2 heterocycles. The summed E-state index contributed by atoms with van der Waals surface area (Å²) in [6, 6.07) is 8.83. The number of nitrogens with zero attached hydrogens (tertiary/aromatic N) is 3. The fraction of sp³-hybridized carbons (Fsp3) is 0.154. The second kappa shape index (κ2) is 5.27. The van der Waals surface area contributed by atoms with Gasteiger partial charge in [-0.1, -0.05) is 6.07 Å². The maximum atomic E-state index is 12.1. The molecule has 0 aliphatic carbocycles. The standard InChI is InChI=1S/C13H14N4O/c1-17(9-11-4-2-3-6-15-11)13(18)10-5-7-16-12(14)8-10/h2-8H,9H2,1H3,(H2,14,16). The molecule has 5 heteroatoms. The molecule has 0 unspecified atom stereocenters. The predicted molar refractivity (Wildman–Crippen MR) is 68.7 cm³/mol. The van der Waals surface area contributed by atoms with Crippen LogP contribution < -0.4 is 5.73 Å². The van der Waals surface area contributed by atoms with Crippen molar-refractivity contribution in [2.75, 3.05) is 12.8 Å². The Bertz CT molecular complexity index is 542. The fourth-order valence-electron chi connectivity index (χ4n) is 1.61. The maximum Gasteiger partial charge on any atom is 0.254 e. The van der Waals surface area contributed by atoms with Crippen LogP contribution in [0, 0.1) is 0 Å². The summed E-state index contributed by atoms with van der Waals surface area (Å²) in [4.78, 5) is 21.8. The molecule has 0 aliphatic heterocycles. The lowest BCUT2D eigenvalue weighted by molar-refractivity contribution is 0.0783. The molecule has 18 heavy (non-hydrogen) atoms. The third-order valence-corrected chi connectivity index (χ3v) is 2.50. The van der Waals surface area contributed by atoms with Crippen molar-refractivity contribution in [3.8, 4) is 0 Å². The van der Waals surface area contributed by atoms with E-state index in [1.54, 1.807) is 30.3 Å². The molecule has 0 fully saturated rings. The molecule has 0 saturated heterocycles. The quantitative estimate of drug-likeness (QED) is 0.881. The van der Waals surface area contributed by atoms with Crippen molar-refractivity contribution in [3.63, 3.8) is 0 Å². The van der Waals surface area contributed by atoms with Crippen LogP contribution in [0.5, 0.6) is 0 Å². The highest BCUT2D eigenvalue weighted by Gasteiger charge is 2.12. The van der Waals surface area contributed by atoms with Crippen LogP contribution in [0.2, 0.25) is 0 Å². The van der Waals surface area contributed by atoms with Crippen molar-refractivity contribution in [1.82, 2.24) is 14.9 Å². The smallest absolute Gasteiger partial charge is 0.254 e. The van der Waals surface area contributed by atoms with Gasteiger partial charge in [0, 0.05) is 25.0 Å². The number of nitrogens with two attached hydrogens (primary N) is 1. The SMILES string of the molecule is CN(Cc1ccccn1)C(=O)c1ccnc(N)c1. The average molecular weight is 242 g/mol. The van der Waals surface area contributed by atoms with Gasteiger partial charge in [-0.3, -0.25) is 9.78 Å². The Morgan fingerprint density at radius 1 is 1.28 bits per heavy atom. The lowest BCUT2D eigenvalue weighted by atomic mass is 10.2. The zero-order chi connectivity index (χ0) is 13.0. The van der Waals surface area contributed by atoms with E-state index in [1.807, 2.05) is 18.2 Å². The number of hydrogen-bond acceptors (Lipinski definition) is 4. The minimum absolute atomic E-state index is 0.102. The summed E-state index contributed by atoms with van der Waals surface area (Å²) < 4.78 is 0. The molecule has 5 nitrogen and oxygen atoms in total. The van der Waals surface area contributed by atoms with Crippen molar-refractivity contribution in [3.05, 3.63) is 54.0 Å². The summed E-state index contributed by atoms with van der Waals surface area (Å²) in [6.45, 7) is 0.460. The molecule has 2 aromatic heterocycles. The van der Waals surface area contributed by atoms with Crippen LogP contribution in [-0.2, 0) is 6.54 Å². The Kier molecular flexibility index (Phi) is 3.52. The summed E-state index contributed by atoms with van der Waals surface area (Å²) >= 11 is 0. The number of aromatic nitrogens is 2. The van der Waals surface area contributed by atoms with Gasteiger partial charge in [-0.15, -0.1) is 0 Å².